The molecule has 1 N–H and O–H groups in total. The Morgan fingerprint density at radius 3 is 2.50 bits per heavy atom. The van der Waals surface area contributed by atoms with E-state index >= 15 is 0 Å². The lowest BCUT2D eigenvalue weighted by molar-refractivity contribution is -0.116. The van der Waals surface area contributed by atoms with Crippen molar-refractivity contribution in [2.45, 2.75) is 20.8 Å². The van der Waals surface area contributed by atoms with Gasteiger partial charge in [0.05, 0.1) is 25.6 Å². The summed E-state index contributed by atoms with van der Waals surface area (Å²) in [5.41, 5.74) is 1.50. The summed E-state index contributed by atoms with van der Waals surface area (Å²) in [6.45, 7) is 5.79. The highest BCUT2D eigenvalue weighted by Gasteiger charge is 2.21. The molecule has 124 valence electrons. The first-order valence-electron chi connectivity index (χ1n) is 7.03. The first-order chi connectivity index (χ1) is 10.1. The van der Waals surface area contributed by atoms with E-state index in [4.69, 9.17) is 4.74 Å². The normalized spacial score (nSPS) is 11.8. The van der Waals surface area contributed by atoms with E-state index in [2.05, 4.69) is 5.32 Å². The molecule has 1 amide bonds. The molecule has 0 atom stereocenters. The molecular weight excluding hydrogens is 304 g/mol. The lowest BCUT2D eigenvalue weighted by Crippen LogP contribution is -2.39. The minimum absolute atomic E-state index is 0.135. The van der Waals surface area contributed by atoms with Gasteiger partial charge in [-0.05, 0) is 30.5 Å². The maximum absolute atomic E-state index is 12.2. The molecule has 0 saturated carbocycles. The maximum atomic E-state index is 12.2. The minimum Gasteiger partial charge on any atom is -0.495 e. The molecule has 0 fully saturated rings. The smallest absolute Gasteiger partial charge is 0.239 e. The second-order valence-corrected chi connectivity index (χ2v) is 7.68. The number of amides is 1. The standard InChI is InChI=1S/C15H24N2O4S/c1-11(2)9-17(22(5,19)20)10-15(18)16-13-8-12(3)6-7-14(13)21-4/h6-8,11H,9-10H2,1-5H3,(H,16,18). The van der Waals surface area contributed by atoms with Crippen LogP contribution in [0.3, 0.4) is 0 Å². The largest absolute Gasteiger partial charge is 0.495 e. The molecule has 1 aromatic rings. The predicted molar refractivity (Wildman–Crippen MR) is 87.6 cm³/mol. The van der Waals surface area contributed by atoms with Crippen molar-refractivity contribution < 1.29 is 17.9 Å². The Bertz CT molecular complexity index is 626. The maximum Gasteiger partial charge on any atom is 0.239 e. The number of hydrogen-bond donors (Lipinski definition) is 1. The van der Waals surface area contributed by atoms with Crippen LogP contribution in [0.15, 0.2) is 18.2 Å². The van der Waals surface area contributed by atoms with Gasteiger partial charge in [0.2, 0.25) is 15.9 Å². The van der Waals surface area contributed by atoms with E-state index in [9.17, 15) is 13.2 Å². The van der Waals surface area contributed by atoms with Gasteiger partial charge >= 0.3 is 0 Å². The number of sulfonamides is 1. The second kappa shape index (κ2) is 7.60. The fourth-order valence-corrected chi connectivity index (χ4v) is 2.91. The number of aryl methyl sites for hydroxylation is 1. The molecule has 0 heterocycles. The van der Waals surface area contributed by atoms with Crippen molar-refractivity contribution in [2.24, 2.45) is 5.92 Å². The average molecular weight is 328 g/mol. The Morgan fingerprint density at radius 1 is 1.36 bits per heavy atom. The number of nitrogens with one attached hydrogen (secondary N) is 1. The van der Waals surface area contributed by atoms with Crippen molar-refractivity contribution >= 4 is 21.6 Å². The van der Waals surface area contributed by atoms with Gasteiger partial charge in [-0.15, -0.1) is 0 Å². The van der Waals surface area contributed by atoms with Crippen LogP contribution in [0.25, 0.3) is 0 Å². The van der Waals surface area contributed by atoms with Gasteiger partial charge in [-0.3, -0.25) is 4.79 Å². The summed E-state index contributed by atoms with van der Waals surface area (Å²) in [5.74, 6) is 0.278. The lowest BCUT2D eigenvalue weighted by Gasteiger charge is -2.21. The van der Waals surface area contributed by atoms with Gasteiger partial charge < -0.3 is 10.1 Å². The summed E-state index contributed by atoms with van der Waals surface area (Å²) in [7, 11) is -1.91. The van der Waals surface area contributed by atoms with E-state index in [1.54, 1.807) is 12.1 Å². The van der Waals surface area contributed by atoms with Crippen molar-refractivity contribution in [3.05, 3.63) is 23.8 Å². The first-order valence-corrected chi connectivity index (χ1v) is 8.88. The molecule has 0 bridgehead atoms. The SMILES string of the molecule is COc1ccc(C)cc1NC(=O)CN(CC(C)C)S(C)(=O)=O. The van der Waals surface area contributed by atoms with Crippen LogP contribution in [-0.4, -0.2) is 45.1 Å². The Kier molecular flexibility index (Phi) is 6.37. The molecule has 0 saturated heterocycles. The van der Waals surface area contributed by atoms with Crippen LogP contribution in [0.5, 0.6) is 5.75 Å². The van der Waals surface area contributed by atoms with Crippen molar-refractivity contribution in [1.82, 2.24) is 4.31 Å². The highest BCUT2D eigenvalue weighted by atomic mass is 32.2. The van der Waals surface area contributed by atoms with Crippen molar-refractivity contribution in [2.75, 3.05) is 31.8 Å². The van der Waals surface area contributed by atoms with Crippen molar-refractivity contribution in [3.63, 3.8) is 0 Å². The number of carbonyl (C=O) groups is 1. The topological polar surface area (TPSA) is 75.7 Å². The summed E-state index contributed by atoms with van der Waals surface area (Å²) in [6, 6.07) is 5.41. The zero-order valence-electron chi connectivity index (χ0n) is 13.7. The van der Waals surface area contributed by atoms with Gasteiger partial charge in [0.25, 0.3) is 0 Å². The van der Waals surface area contributed by atoms with E-state index in [1.165, 1.54) is 11.4 Å². The van der Waals surface area contributed by atoms with Gasteiger partial charge in [-0.25, -0.2) is 8.42 Å². The molecule has 0 aliphatic rings. The number of hydrogen-bond acceptors (Lipinski definition) is 4. The number of methoxy groups -OCH3 is 1. The third kappa shape index (κ3) is 5.65. The van der Waals surface area contributed by atoms with Gasteiger partial charge in [0.15, 0.2) is 0 Å². The molecule has 0 aromatic heterocycles. The van der Waals surface area contributed by atoms with Crippen LogP contribution < -0.4 is 10.1 Å². The Balaban J connectivity index is 2.86. The van der Waals surface area contributed by atoms with Crippen LogP contribution in [0, 0.1) is 12.8 Å². The van der Waals surface area contributed by atoms with E-state index < -0.39 is 15.9 Å². The van der Waals surface area contributed by atoms with Gasteiger partial charge in [0.1, 0.15) is 5.75 Å². The summed E-state index contributed by atoms with van der Waals surface area (Å²) in [4.78, 5) is 12.2. The zero-order valence-corrected chi connectivity index (χ0v) is 14.5. The number of anilines is 1. The monoisotopic (exact) mass is 328 g/mol. The third-order valence-corrected chi connectivity index (χ3v) is 4.20. The summed E-state index contributed by atoms with van der Waals surface area (Å²) < 4.78 is 29.9. The van der Waals surface area contributed by atoms with Crippen LogP contribution in [0.1, 0.15) is 19.4 Å². The van der Waals surface area contributed by atoms with E-state index in [1.807, 2.05) is 26.8 Å². The Morgan fingerprint density at radius 2 is 2.00 bits per heavy atom. The summed E-state index contributed by atoms with van der Waals surface area (Å²) >= 11 is 0. The summed E-state index contributed by atoms with van der Waals surface area (Å²) in [5, 5.41) is 2.71. The number of carbonyl (C=O) groups excluding carboxylic acids is 1. The first kappa shape index (κ1) is 18.4. The highest BCUT2D eigenvalue weighted by Crippen LogP contribution is 2.25. The fraction of sp³-hybridized carbons (Fsp3) is 0.533. The van der Waals surface area contributed by atoms with E-state index in [0.717, 1.165) is 11.8 Å². The zero-order chi connectivity index (χ0) is 16.9. The van der Waals surface area contributed by atoms with E-state index in [0.29, 0.717) is 18.0 Å². The molecule has 0 aliphatic carbocycles. The molecule has 22 heavy (non-hydrogen) atoms. The number of benzene rings is 1. The predicted octanol–water partition coefficient (Wildman–Crippen LogP) is 1.86. The van der Waals surface area contributed by atoms with Gasteiger partial charge in [-0.1, -0.05) is 19.9 Å². The molecule has 1 aromatic carbocycles. The number of rotatable bonds is 7. The van der Waals surface area contributed by atoms with Crippen LogP contribution in [0.2, 0.25) is 0 Å². The average Bonchev–Trinajstić information content (AvgIpc) is 2.36. The molecule has 0 spiro atoms. The molecule has 0 aliphatic heterocycles. The fourth-order valence-electron chi connectivity index (χ4n) is 1.99. The molecule has 1 rings (SSSR count). The molecule has 0 radical (unpaired) electrons. The highest BCUT2D eigenvalue weighted by molar-refractivity contribution is 7.88. The molecule has 6 nitrogen and oxygen atoms in total. The molecular formula is C15H24N2O4S. The van der Waals surface area contributed by atoms with Gasteiger partial charge in [0, 0.05) is 6.54 Å². The van der Waals surface area contributed by atoms with Crippen molar-refractivity contribution in [1.29, 1.82) is 0 Å². The van der Waals surface area contributed by atoms with Crippen molar-refractivity contribution in [3.8, 4) is 5.75 Å². The van der Waals surface area contributed by atoms with Crippen LogP contribution in [-0.2, 0) is 14.8 Å². The third-order valence-electron chi connectivity index (χ3n) is 2.99. The molecule has 0 unspecified atom stereocenters. The van der Waals surface area contributed by atoms with Crippen LogP contribution >= 0.6 is 0 Å². The minimum atomic E-state index is -3.43. The second-order valence-electron chi connectivity index (χ2n) is 5.70. The lowest BCUT2D eigenvalue weighted by atomic mass is 10.2. The van der Waals surface area contributed by atoms with Gasteiger partial charge in [-0.2, -0.15) is 4.31 Å². The number of nitrogens with zero attached hydrogens (tertiary/aromatic N) is 1. The van der Waals surface area contributed by atoms with Crippen LogP contribution in [0.4, 0.5) is 5.69 Å². The summed E-state index contributed by atoms with van der Waals surface area (Å²) in [6.07, 6.45) is 1.11. The Labute approximate surface area is 132 Å². The van der Waals surface area contributed by atoms with E-state index in [-0.39, 0.29) is 12.5 Å². The number of ether oxygens (including phenoxy) is 1. The molecule has 7 heteroatoms. The quantitative estimate of drug-likeness (QED) is 0.829. The Hall–Kier alpha value is -1.60.